The van der Waals surface area contributed by atoms with Crippen LogP contribution in [0.5, 0.6) is 5.75 Å². The van der Waals surface area contributed by atoms with Crippen LogP contribution in [-0.2, 0) is 0 Å². The van der Waals surface area contributed by atoms with Crippen molar-refractivity contribution in [1.82, 2.24) is 0 Å². The Bertz CT molecular complexity index is 433. The Hall–Kier alpha value is -0.640. The van der Waals surface area contributed by atoms with Gasteiger partial charge in [0.25, 0.3) is 0 Å². The standard InChI is InChI=1S/C11H13Cl3N2O/c1-6(2)5-15-16-10-7(12)4-8(13)11(17-3)9(10)14/h4-6,16H,1-3H3. The molecule has 6 heteroatoms. The lowest BCUT2D eigenvalue weighted by Gasteiger charge is -2.11. The van der Waals surface area contributed by atoms with Gasteiger partial charge in [0.15, 0.2) is 5.75 Å². The van der Waals surface area contributed by atoms with Crippen LogP contribution in [0.1, 0.15) is 13.8 Å². The van der Waals surface area contributed by atoms with Crippen LogP contribution in [-0.4, -0.2) is 13.3 Å². The van der Waals surface area contributed by atoms with E-state index in [0.717, 1.165) is 0 Å². The summed E-state index contributed by atoms with van der Waals surface area (Å²) < 4.78 is 5.08. The minimum atomic E-state index is 0.311. The summed E-state index contributed by atoms with van der Waals surface area (Å²) in [6.45, 7) is 4.02. The predicted octanol–water partition coefficient (Wildman–Crippen LogP) is 4.71. The molecule has 1 aromatic carbocycles. The summed E-state index contributed by atoms with van der Waals surface area (Å²) in [5, 5.41) is 5.09. The largest absolute Gasteiger partial charge is 0.494 e. The van der Waals surface area contributed by atoms with Gasteiger partial charge in [-0.15, -0.1) is 0 Å². The molecule has 0 unspecified atom stereocenters. The fourth-order valence-electron chi connectivity index (χ4n) is 1.11. The van der Waals surface area contributed by atoms with E-state index >= 15 is 0 Å². The zero-order chi connectivity index (χ0) is 13.0. The van der Waals surface area contributed by atoms with Crippen molar-refractivity contribution >= 4 is 46.7 Å². The molecule has 0 saturated carbocycles. The normalized spacial score (nSPS) is 11.2. The summed E-state index contributed by atoms with van der Waals surface area (Å²) in [5.74, 6) is 0.703. The van der Waals surface area contributed by atoms with Crippen LogP contribution >= 0.6 is 34.8 Å². The number of rotatable bonds is 4. The maximum Gasteiger partial charge on any atom is 0.158 e. The summed E-state index contributed by atoms with van der Waals surface area (Å²) in [5.41, 5.74) is 3.26. The van der Waals surface area contributed by atoms with E-state index < -0.39 is 0 Å². The Labute approximate surface area is 116 Å². The van der Waals surface area contributed by atoms with Crippen LogP contribution in [0.15, 0.2) is 11.2 Å². The first kappa shape index (κ1) is 14.4. The summed E-state index contributed by atoms with van der Waals surface area (Å²) in [6, 6.07) is 1.56. The zero-order valence-corrected chi connectivity index (χ0v) is 12.0. The molecule has 0 bridgehead atoms. The van der Waals surface area contributed by atoms with Gasteiger partial charge in [0.1, 0.15) is 5.02 Å². The van der Waals surface area contributed by atoms with Gasteiger partial charge in [-0.1, -0.05) is 48.7 Å². The number of halogens is 3. The first-order valence-corrected chi connectivity index (χ1v) is 6.11. The van der Waals surface area contributed by atoms with Gasteiger partial charge in [-0.25, -0.2) is 0 Å². The number of hydrogen-bond donors (Lipinski definition) is 1. The molecule has 0 spiro atoms. The third kappa shape index (κ3) is 3.66. The van der Waals surface area contributed by atoms with Gasteiger partial charge in [-0.3, -0.25) is 5.43 Å². The predicted molar refractivity (Wildman–Crippen MR) is 75.0 cm³/mol. The van der Waals surface area contributed by atoms with Gasteiger partial charge in [-0.05, 0) is 12.0 Å². The SMILES string of the molecule is COc1c(Cl)cc(Cl)c(NN=CC(C)C)c1Cl. The number of nitrogens with one attached hydrogen (secondary N) is 1. The van der Waals surface area contributed by atoms with Crippen LogP contribution in [0, 0.1) is 5.92 Å². The summed E-state index contributed by atoms with van der Waals surface area (Å²) in [4.78, 5) is 0. The first-order chi connectivity index (χ1) is 7.97. The molecule has 0 fully saturated rings. The summed E-state index contributed by atoms with van der Waals surface area (Å²) in [7, 11) is 1.49. The average molecular weight is 296 g/mol. The number of anilines is 1. The maximum absolute atomic E-state index is 6.10. The van der Waals surface area contributed by atoms with E-state index in [2.05, 4.69) is 10.5 Å². The Kier molecular flexibility index (Phi) is 5.37. The quantitative estimate of drug-likeness (QED) is 0.644. The minimum Gasteiger partial charge on any atom is -0.494 e. The molecule has 94 valence electrons. The molecule has 3 nitrogen and oxygen atoms in total. The van der Waals surface area contributed by atoms with E-state index in [0.29, 0.717) is 32.4 Å². The highest BCUT2D eigenvalue weighted by Crippen LogP contribution is 2.42. The van der Waals surface area contributed by atoms with E-state index in [4.69, 9.17) is 39.5 Å². The third-order valence-corrected chi connectivity index (χ3v) is 2.82. The molecule has 0 atom stereocenters. The Morgan fingerprint density at radius 2 is 1.94 bits per heavy atom. The van der Waals surface area contributed by atoms with Crippen molar-refractivity contribution in [1.29, 1.82) is 0 Å². The van der Waals surface area contributed by atoms with Gasteiger partial charge in [0.05, 0.1) is 22.8 Å². The van der Waals surface area contributed by atoms with E-state index in [1.807, 2.05) is 13.8 Å². The fourth-order valence-corrected chi connectivity index (χ4v) is 2.11. The van der Waals surface area contributed by atoms with Gasteiger partial charge >= 0.3 is 0 Å². The zero-order valence-electron chi connectivity index (χ0n) is 9.72. The maximum atomic E-state index is 6.10. The molecule has 0 aliphatic carbocycles. The van der Waals surface area contributed by atoms with Crippen molar-refractivity contribution in [2.45, 2.75) is 13.8 Å². The molecule has 0 heterocycles. The molecular weight excluding hydrogens is 282 g/mol. The minimum absolute atomic E-state index is 0.311. The second-order valence-corrected chi connectivity index (χ2v) is 4.89. The van der Waals surface area contributed by atoms with E-state index in [9.17, 15) is 0 Å². The van der Waals surface area contributed by atoms with Crippen molar-refractivity contribution in [3.8, 4) is 5.75 Å². The number of nitrogens with zero attached hydrogens (tertiary/aromatic N) is 1. The molecule has 0 amide bonds. The second kappa shape index (κ2) is 6.34. The van der Waals surface area contributed by atoms with E-state index in [-0.39, 0.29) is 0 Å². The number of ether oxygens (including phenoxy) is 1. The highest BCUT2D eigenvalue weighted by Gasteiger charge is 2.15. The molecule has 0 aromatic heterocycles. The lowest BCUT2D eigenvalue weighted by Crippen LogP contribution is -1.97. The highest BCUT2D eigenvalue weighted by atomic mass is 35.5. The Morgan fingerprint density at radius 3 is 2.47 bits per heavy atom. The Balaban J connectivity index is 3.07. The molecular formula is C11H13Cl3N2O. The first-order valence-electron chi connectivity index (χ1n) is 4.98. The van der Waals surface area contributed by atoms with Crippen LogP contribution in [0.2, 0.25) is 15.1 Å². The third-order valence-electron chi connectivity index (χ3n) is 1.88. The molecule has 0 saturated heterocycles. The van der Waals surface area contributed by atoms with Crippen LogP contribution in [0.3, 0.4) is 0 Å². The number of benzene rings is 1. The van der Waals surface area contributed by atoms with Crippen LogP contribution in [0.25, 0.3) is 0 Å². The lowest BCUT2D eigenvalue weighted by molar-refractivity contribution is 0.415. The average Bonchev–Trinajstić information content (AvgIpc) is 2.22. The van der Waals surface area contributed by atoms with Gasteiger partial charge in [0.2, 0.25) is 0 Å². The number of methoxy groups -OCH3 is 1. The van der Waals surface area contributed by atoms with Crippen LogP contribution < -0.4 is 10.2 Å². The molecule has 0 aliphatic rings. The topological polar surface area (TPSA) is 33.6 Å². The molecule has 17 heavy (non-hydrogen) atoms. The van der Waals surface area contributed by atoms with Crippen molar-refractivity contribution in [3.63, 3.8) is 0 Å². The second-order valence-electron chi connectivity index (χ2n) is 3.70. The van der Waals surface area contributed by atoms with Crippen molar-refractivity contribution in [2.75, 3.05) is 12.5 Å². The monoisotopic (exact) mass is 294 g/mol. The number of hydrogen-bond acceptors (Lipinski definition) is 3. The highest BCUT2D eigenvalue weighted by molar-refractivity contribution is 6.43. The molecule has 1 aromatic rings. The fraction of sp³-hybridized carbons (Fsp3) is 0.364. The van der Waals surface area contributed by atoms with Crippen molar-refractivity contribution in [3.05, 3.63) is 21.1 Å². The summed E-state index contributed by atoms with van der Waals surface area (Å²) >= 11 is 18.1. The number of hydrazone groups is 1. The molecule has 0 aliphatic heterocycles. The van der Waals surface area contributed by atoms with Crippen LogP contribution in [0.4, 0.5) is 5.69 Å². The molecule has 0 radical (unpaired) electrons. The van der Waals surface area contributed by atoms with Gasteiger partial charge in [0, 0.05) is 6.21 Å². The van der Waals surface area contributed by atoms with E-state index in [1.165, 1.54) is 7.11 Å². The lowest BCUT2D eigenvalue weighted by atomic mass is 10.2. The summed E-state index contributed by atoms with van der Waals surface area (Å²) in [6.07, 6.45) is 1.74. The van der Waals surface area contributed by atoms with Crippen molar-refractivity contribution < 1.29 is 4.74 Å². The smallest absolute Gasteiger partial charge is 0.158 e. The van der Waals surface area contributed by atoms with Crippen molar-refractivity contribution in [2.24, 2.45) is 11.0 Å². The Morgan fingerprint density at radius 1 is 1.29 bits per heavy atom. The molecule has 1 N–H and O–H groups in total. The van der Waals surface area contributed by atoms with E-state index in [1.54, 1.807) is 12.3 Å². The van der Waals surface area contributed by atoms with Gasteiger partial charge in [-0.2, -0.15) is 5.10 Å². The van der Waals surface area contributed by atoms with Gasteiger partial charge < -0.3 is 4.74 Å². The molecule has 1 rings (SSSR count).